The van der Waals surface area contributed by atoms with Gasteiger partial charge in [-0.05, 0) is 29.3 Å². The highest BCUT2D eigenvalue weighted by molar-refractivity contribution is 7.83. The van der Waals surface area contributed by atoms with E-state index in [0.717, 1.165) is 10.8 Å². The molecule has 1 atom stereocenters. The topological polar surface area (TPSA) is 57.5 Å². The molecule has 2 aromatic rings. The molecular weight excluding hydrogens is 248 g/mol. The highest BCUT2D eigenvalue weighted by atomic mass is 32.2. The molecule has 3 nitrogen and oxygen atoms in total. The average Bonchev–Trinajstić information content (AvgIpc) is 2.37. The summed E-state index contributed by atoms with van der Waals surface area (Å²) < 4.78 is 20.3. The normalized spacial score (nSPS) is 13.8. The summed E-state index contributed by atoms with van der Waals surface area (Å²) in [6, 6.07) is 11.0. The van der Waals surface area contributed by atoms with E-state index >= 15 is 0 Å². The van der Waals surface area contributed by atoms with Gasteiger partial charge in [0.1, 0.15) is 5.75 Å². The van der Waals surface area contributed by atoms with Gasteiger partial charge in [0, 0.05) is 10.5 Å². The molecule has 0 aliphatic heterocycles. The number of fused-ring (bicyclic) bond motifs is 1. The van der Waals surface area contributed by atoms with Crippen LogP contribution in [0.25, 0.3) is 16.8 Å². The van der Waals surface area contributed by atoms with Crippen molar-refractivity contribution in [3.8, 4) is 5.75 Å². The third kappa shape index (κ3) is 2.44. The van der Waals surface area contributed by atoms with Crippen molar-refractivity contribution in [2.24, 2.45) is 0 Å². The van der Waals surface area contributed by atoms with E-state index < -0.39 is 11.1 Å². The van der Waals surface area contributed by atoms with Gasteiger partial charge >= 0.3 is 0 Å². The summed E-state index contributed by atoms with van der Waals surface area (Å²) >= 11 is -2.01. The number of hydrogen-bond donors (Lipinski definition) is 2. The Labute approximate surface area is 108 Å². The van der Waals surface area contributed by atoms with Gasteiger partial charge in [-0.3, -0.25) is 0 Å². The van der Waals surface area contributed by atoms with Crippen molar-refractivity contribution in [2.75, 3.05) is 0 Å². The van der Waals surface area contributed by atoms with Crippen LogP contribution in [-0.2, 0) is 11.1 Å². The van der Waals surface area contributed by atoms with Crippen molar-refractivity contribution in [3.63, 3.8) is 0 Å². The number of phenolic OH excluding ortho intramolecular Hbond substituents is 1. The van der Waals surface area contributed by atoms with Gasteiger partial charge in [0.15, 0.2) is 11.1 Å². The minimum atomic E-state index is -2.01. The largest absolute Gasteiger partial charge is 0.507 e. The molecule has 4 heteroatoms. The summed E-state index contributed by atoms with van der Waals surface area (Å²) in [4.78, 5) is 0.390. The maximum Gasteiger partial charge on any atom is 0.182 e. The van der Waals surface area contributed by atoms with Crippen LogP contribution in [0.5, 0.6) is 5.75 Å². The molecule has 0 aliphatic rings. The molecule has 94 valence electrons. The fourth-order valence-corrected chi connectivity index (χ4v) is 2.34. The van der Waals surface area contributed by atoms with E-state index in [4.69, 9.17) is 4.55 Å². The summed E-state index contributed by atoms with van der Waals surface area (Å²) in [7, 11) is 0. The van der Waals surface area contributed by atoms with Crippen LogP contribution in [0.2, 0.25) is 0 Å². The number of rotatable bonds is 3. The van der Waals surface area contributed by atoms with E-state index in [1.807, 2.05) is 37.3 Å². The molecule has 0 saturated heterocycles. The zero-order valence-corrected chi connectivity index (χ0v) is 10.8. The number of hydrogen-bond acceptors (Lipinski definition) is 2. The number of aromatic hydroxyl groups is 1. The number of allylic oxidation sites excluding steroid dienone is 1. The molecule has 0 saturated carbocycles. The van der Waals surface area contributed by atoms with Gasteiger partial charge < -0.3 is 9.66 Å². The van der Waals surface area contributed by atoms with Gasteiger partial charge in [0.2, 0.25) is 0 Å². The van der Waals surface area contributed by atoms with E-state index in [1.165, 1.54) is 0 Å². The van der Waals surface area contributed by atoms with Crippen molar-refractivity contribution in [2.45, 2.75) is 13.3 Å². The first-order valence-corrected chi connectivity index (χ1v) is 6.76. The molecule has 0 heterocycles. The van der Waals surface area contributed by atoms with Gasteiger partial charge in [0.05, 0.1) is 0 Å². The van der Waals surface area contributed by atoms with Crippen molar-refractivity contribution in [1.29, 1.82) is 0 Å². The quantitative estimate of drug-likeness (QED) is 0.832. The van der Waals surface area contributed by atoms with Crippen LogP contribution in [0, 0.1) is 0 Å². The molecule has 0 aromatic heterocycles. The zero-order chi connectivity index (χ0) is 13.1. The maximum atomic E-state index is 11.1. The highest BCUT2D eigenvalue weighted by Gasteiger charge is 2.08. The van der Waals surface area contributed by atoms with E-state index in [-0.39, 0.29) is 5.75 Å². The summed E-state index contributed by atoms with van der Waals surface area (Å²) in [6.45, 7) is 1.81. The predicted octanol–water partition coefficient (Wildman–Crippen LogP) is 3.52. The minimum Gasteiger partial charge on any atom is -0.507 e. The SMILES string of the molecule is CC/C(=C\c1c(O)ccc2ccccc12)S(=O)O. The Morgan fingerprint density at radius 3 is 2.67 bits per heavy atom. The molecule has 0 radical (unpaired) electrons. The Balaban J connectivity index is 2.70. The Morgan fingerprint density at radius 1 is 1.28 bits per heavy atom. The highest BCUT2D eigenvalue weighted by Crippen LogP contribution is 2.29. The summed E-state index contributed by atoms with van der Waals surface area (Å²) in [5.41, 5.74) is 0.590. The molecule has 18 heavy (non-hydrogen) atoms. The molecule has 0 bridgehead atoms. The van der Waals surface area contributed by atoms with Crippen molar-refractivity contribution in [1.82, 2.24) is 0 Å². The Kier molecular flexibility index (Phi) is 3.79. The molecule has 2 rings (SSSR count). The second-order valence-electron chi connectivity index (χ2n) is 3.93. The molecular formula is C14H14O3S. The minimum absolute atomic E-state index is 0.116. The zero-order valence-electron chi connectivity index (χ0n) is 9.96. The van der Waals surface area contributed by atoms with Gasteiger partial charge in [-0.15, -0.1) is 0 Å². The molecule has 0 amide bonds. The van der Waals surface area contributed by atoms with Crippen LogP contribution < -0.4 is 0 Å². The molecule has 0 aliphatic carbocycles. The summed E-state index contributed by atoms with van der Waals surface area (Å²) in [6.07, 6.45) is 2.06. The van der Waals surface area contributed by atoms with Crippen LogP contribution in [-0.4, -0.2) is 13.9 Å². The fourth-order valence-electron chi connectivity index (χ4n) is 1.87. The van der Waals surface area contributed by atoms with Crippen molar-refractivity contribution in [3.05, 3.63) is 46.9 Å². The second kappa shape index (κ2) is 5.33. The maximum absolute atomic E-state index is 11.1. The van der Waals surface area contributed by atoms with E-state index in [9.17, 15) is 9.32 Å². The first kappa shape index (κ1) is 12.8. The number of benzene rings is 2. The molecule has 2 aromatic carbocycles. The summed E-state index contributed by atoms with van der Waals surface area (Å²) in [5.74, 6) is 0.116. The molecule has 1 unspecified atom stereocenters. The van der Waals surface area contributed by atoms with Gasteiger partial charge in [-0.2, -0.15) is 0 Å². The standard InChI is InChI=1S/C14H14O3S/c1-2-11(18(16)17)9-13-12-6-4-3-5-10(12)7-8-14(13)15/h3-9,15H,2H2,1H3,(H,16,17)/b11-9+. The Morgan fingerprint density at radius 2 is 2.00 bits per heavy atom. The van der Waals surface area contributed by atoms with Crippen LogP contribution >= 0.6 is 0 Å². The smallest absolute Gasteiger partial charge is 0.182 e. The van der Waals surface area contributed by atoms with Crippen LogP contribution in [0.15, 0.2) is 41.3 Å². The van der Waals surface area contributed by atoms with Crippen LogP contribution in [0.4, 0.5) is 0 Å². The first-order chi connectivity index (χ1) is 8.63. The fraction of sp³-hybridized carbons (Fsp3) is 0.143. The van der Waals surface area contributed by atoms with Crippen LogP contribution in [0.1, 0.15) is 18.9 Å². The Hall–Kier alpha value is -1.65. The molecule has 0 fully saturated rings. The van der Waals surface area contributed by atoms with E-state index in [2.05, 4.69) is 0 Å². The number of phenols is 1. The lowest BCUT2D eigenvalue weighted by Crippen LogP contribution is -1.91. The first-order valence-electron chi connectivity index (χ1n) is 5.65. The van der Waals surface area contributed by atoms with Crippen LogP contribution in [0.3, 0.4) is 0 Å². The average molecular weight is 262 g/mol. The second-order valence-corrected chi connectivity index (χ2v) is 4.96. The lowest BCUT2D eigenvalue weighted by atomic mass is 10.0. The summed E-state index contributed by atoms with van der Waals surface area (Å²) in [5, 5.41) is 11.8. The lowest BCUT2D eigenvalue weighted by molar-refractivity contribution is 0.475. The predicted molar refractivity (Wildman–Crippen MR) is 74.7 cm³/mol. The van der Waals surface area contributed by atoms with E-state index in [1.54, 1.807) is 12.1 Å². The monoisotopic (exact) mass is 262 g/mol. The van der Waals surface area contributed by atoms with Gasteiger partial charge in [-0.25, -0.2) is 4.21 Å². The van der Waals surface area contributed by atoms with E-state index in [0.29, 0.717) is 16.9 Å². The molecule has 0 spiro atoms. The van der Waals surface area contributed by atoms with Gasteiger partial charge in [-0.1, -0.05) is 37.3 Å². The lowest BCUT2D eigenvalue weighted by Gasteiger charge is -2.06. The Bertz CT molecular complexity index is 632. The third-order valence-electron chi connectivity index (χ3n) is 2.83. The third-order valence-corrected chi connectivity index (χ3v) is 3.68. The van der Waals surface area contributed by atoms with Gasteiger partial charge in [0.25, 0.3) is 0 Å². The van der Waals surface area contributed by atoms with Crippen molar-refractivity contribution >= 4 is 27.9 Å². The van der Waals surface area contributed by atoms with Crippen molar-refractivity contribution < 1.29 is 13.9 Å². The molecule has 2 N–H and O–H groups in total.